The molecule has 0 radical (unpaired) electrons. The van der Waals surface area contributed by atoms with E-state index < -0.39 is 5.97 Å². The summed E-state index contributed by atoms with van der Waals surface area (Å²) in [7, 11) is 0. The molecule has 1 aromatic carbocycles. The van der Waals surface area contributed by atoms with Crippen LogP contribution < -0.4 is 0 Å². The van der Waals surface area contributed by atoms with E-state index in [1.54, 1.807) is 12.1 Å². The summed E-state index contributed by atoms with van der Waals surface area (Å²) in [6, 6.07) is 7.28. The lowest BCUT2D eigenvalue weighted by molar-refractivity contribution is 0.0696. The first-order valence-corrected chi connectivity index (χ1v) is 6.70. The zero-order chi connectivity index (χ0) is 13.0. The molecule has 1 fully saturated rings. The van der Waals surface area contributed by atoms with Crippen molar-refractivity contribution in [1.29, 1.82) is 0 Å². The van der Waals surface area contributed by atoms with Crippen LogP contribution >= 0.6 is 0 Å². The highest BCUT2D eigenvalue weighted by molar-refractivity contribution is 5.87. The lowest BCUT2D eigenvalue weighted by Gasteiger charge is -2.20. The summed E-state index contributed by atoms with van der Waals surface area (Å²) < 4.78 is 0. The van der Waals surface area contributed by atoms with Gasteiger partial charge in [0.1, 0.15) is 0 Å². The third-order valence-electron chi connectivity index (χ3n) is 3.69. The minimum Gasteiger partial charge on any atom is -0.478 e. The summed E-state index contributed by atoms with van der Waals surface area (Å²) in [6.45, 7) is 5.43. The lowest BCUT2D eigenvalue weighted by Crippen LogP contribution is -2.24. The number of hydrogen-bond acceptors (Lipinski definition) is 2. The summed E-state index contributed by atoms with van der Waals surface area (Å²) in [5, 5.41) is 8.98. The van der Waals surface area contributed by atoms with Gasteiger partial charge in [0.15, 0.2) is 0 Å². The van der Waals surface area contributed by atoms with Crippen LogP contribution in [0.5, 0.6) is 0 Å². The van der Waals surface area contributed by atoms with E-state index in [1.165, 1.54) is 19.3 Å². The summed E-state index contributed by atoms with van der Waals surface area (Å²) in [5.41, 5.74) is 1.49. The zero-order valence-corrected chi connectivity index (χ0v) is 10.9. The second kappa shape index (κ2) is 6.01. The predicted octanol–water partition coefficient (Wildman–Crippen LogP) is 3.01. The van der Waals surface area contributed by atoms with Crippen molar-refractivity contribution in [3.63, 3.8) is 0 Å². The number of carboxylic acid groups (broad SMARTS) is 1. The largest absolute Gasteiger partial charge is 0.478 e. The van der Waals surface area contributed by atoms with Crippen LogP contribution in [0.25, 0.3) is 0 Å². The van der Waals surface area contributed by atoms with Crippen molar-refractivity contribution in [2.24, 2.45) is 5.92 Å². The fourth-order valence-electron chi connectivity index (χ4n) is 2.54. The molecule has 3 nitrogen and oxygen atoms in total. The van der Waals surface area contributed by atoms with Crippen LogP contribution in [0, 0.1) is 5.92 Å². The number of carboxylic acids is 1. The second-order valence-electron chi connectivity index (χ2n) is 5.32. The highest BCUT2D eigenvalue weighted by atomic mass is 16.4. The first-order valence-electron chi connectivity index (χ1n) is 6.70. The Balaban J connectivity index is 2.00. The van der Waals surface area contributed by atoms with Crippen molar-refractivity contribution in [2.45, 2.75) is 32.7 Å². The van der Waals surface area contributed by atoms with Crippen LogP contribution in [0.1, 0.15) is 42.1 Å². The molecule has 1 N–H and O–H groups in total. The molecule has 98 valence electrons. The number of nitrogens with zero attached hydrogens (tertiary/aromatic N) is 1. The van der Waals surface area contributed by atoms with Crippen molar-refractivity contribution in [3.05, 3.63) is 35.4 Å². The minimum absolute atomic E-state index is 0.385. The maximum absolute atomic E-state index is 10.9. The molecule has 0 spiro atoms. The minimum atomic E-state index is -0.846. The Morgan fingerprint density at radius 2 is 2.22 bits per heavy atom. The van der Waals surface area contributed by atoms with Crippen molar-refractivity contribution in [2.75, 3.05) is 13.1 Å². The van der Waals surface area contributed by atoms with E-state index in [9.17, 15) is 4.79 Å². The molecular weight excluding hydrogens is 226 g/mol. The van der Waals surface area contributed by atoms with Gasteiger partial charge < -0.3 is 5.11 Å². The molecule has 2 rings (SSSR count). The van der Waals surface area contributed by atoms with Gasteiger partial charge in [0, 0.05) is 6.54 Å². The molecule has 1 aromatic rings. The highest BCUT2D eigenvalue weighted by Crippen LogP contribution is 2.18. The number of aromatic carboxylic acids is 1. The smallest absolute Gasteiger partial charge is 0.335 e. The Morgan fingerprint density at radius 3 is 3.00 bits per heavy atom. The average molecular weight is 247 g/mol. The van der Waals surface area contributed by atoms with Gasteiger partial charge in [0.05, 0.1) is 5.56 Å². The van der Waals surface area contributed by atoms with Crippen LogP contribution in [-0.2, 0) is 6.54 Å². The lowest BCUT2D eigenvalue weighted by atomic mass is 10.0. The third kappa shape index (κ3) is 3.57. The van der Waals surface area contributed by atoms with E-state index in [4.69, 9.17) is 5.11 Å². The Kier molecular flexibility index (Phi) is 4.37. The van der Waals surface area contributed by atoms with Gasteiger partial charge in [-0.25, -0.2) is 4.79 Å². The quantitative estimate of drug-likeness (QED) is 0.892. The Bertz CT molecular complexity index is 417. The van der Waals surface area contributed by atoms with Gasteiger partial charge >= 0.3 is 5.97 Å². The summed E-state index contributed by atoms with van der Waals surface area (Å²) in [5.74, 6) is -0.0262. The average Bonchev–Trinajstić information content (AvgIpc) is 2.55. The van der Waals surface area contributed by atoms with Crippen molar-refractivity contribution < 1.29 is 9.90 Å². The molecule has 18 heavy (non-hydrogen) atoms. The molecule has 3 heteroatoms. The number of carbonyl (C=O) groups is 1. The van der Waals surface area contributed by atoms with Gasteiger partial charge in [-0.3, -0.25) is 4.90 Å². The fraction of sp³-hybridized carbons (Fsp3) is 0.533. The van der Waals surface area contributed by atoms with E-state index in [-0.39, 0.29) is 0 Å². The van der Waals surface area contributed by atoms with Gasteiger partial charge in [-0.1, -0.05) is 19.1 Å². The Labute approximate surface area is 108 Å². The number of hydrogen-bond donors (Lipinski definition) is 1. The highest BCUT2D eigenvalue weighted by Gasteiger charge is 2.14. The standard InChI is InChI=1S/C15H21NO2/c1-12-4-3-8-16(9-7-12)11-13-5-2-6-14(10-13)15(17)18/h2,5-6,10,12H,3-4,7-9,11H2,1H3,(H,17,18). The second-order valence-corrected chi connectivity index (χ2v) is 5.32. The normalized spacial score (nSPS) is 21.5. The van der Waals surface area contributed by atoms with Crippen LogP contribution in [0.15, 0.2) is 24.3 Å². The topological polar surface area (TPSA) is 40.5 Å². The van der Waals surface area contributed by atoms with Crippen LogP contribution in [0.4, 0.5) is 0 Å². The fourth-order valence-corrected chi connectivity index (χ4v) is 2.54. The van der Waals surface area contributed by atoms with Crippen molar-refractivity contribution in [3.8, 4) is 0 Å². The van der Waals surface area contributed by atoms with E-state index in [2.05, 4.69) is 11.8 Å². The number of likely N-dealkylation sites (tertiary alicyclic amines) is 1. The van der Waals surface area contributed by atoms with Gasteiger partial charge in [-0.2, -0.15) is 0 Å². The molecule has 0 aromatic heterocycles. The molecule has 1 aliphatic rings. The van der Waals surface area contributed by atoms with E-state index in [1.807, 2.05) is 12.1 Å². The zero-order valence-electron chi connectivity index (χ0n) is 10.9. The van der Waals surface area contributed by atoms with Crippen molar-refractivity contribution >= 4 is 5.97 Å². The Morgan fingerprint density at radius 1 is 1.39 bits per heavy atom. The van der Waals surface area contributed by atoms with Gasteiger partial charge in [-0.15, -0.1) is 0 Å². The van der Waals surface area contributed by atoms with Crippen LogP contribution in [-0.4, -0.2) is 29.1 Å². The molecule has 1 unspecified atom stereocenters. The Hall–Kier alpha value is -1.35. The molecule has 0 amide bonds. The SMILES string of the molecule is CC1CCCN(Cc2cccc(C(=O)O)c2)CC1. The third-order valence-corrected chi connectivity index (χ3v) is 3.69. The molecule has 0 saturated carbocycles. The van der Waals surface area contributed by atoms with Gasteiger partial charge in [0.2, 0.25) is 0 Å². The van der Waals surface area contributed by atoms with Crippen LogP contribution in [0.3, 0.4) is 0 Å². The molecule has 0 bridgehead atoms. The molecule has 1 aliphatic heterocycles. The van der Waals surface area contributed by atoms with E-state index in [0.717, 1.165) is 31.1 Å². The maximum atomic E-state index is 10.9. The molecule has 0 aliphatic carbocycles. The van der Waals surface area contributed by atoms with Crippen molar-refractivity contribution in [1.82, 2.24) is 4.90 Å². The number of benzene rings is 1. The summed E-state index contributed by atoms with van der Waals surface area (Å²) >= 11 is 0. The van der Waals surface area contributed by atoms with E-state index in [0.29, 0.717) is 5.56 Å². The molecule has 1 saturated heterocycles. The number of rotatable bonds is 3. The van der Waals surface area contributed by atoms with E-state index >= 15 is 0 Å². The van der Waals surface area contributed by atoms with Gasteiger partial charge in [0.25, 0.3) is 0 Å². The summed E-state index contributed by atoms with van der Waals surface area (Å²) in [6.07, 6.45) is 3.81. The first-order chi connectivity index (χ1) is 8.65. The van der Waals surface area contributed by atoms with Crippen LogP contribution in [0.2, 0.25) is 0 Å². The summed E-state index contributed by atoms with van der Waals surface area (Å²) in [4.78, 5) is 13.4. The monoisotopic (exact) mass is 247 g/mol. The maximum Gasteiger partial charge on any atom is 0.335 e. The molecule has 1 heterocycles. The predicted molar refractivity (Wildman–Crippen MR) is 71.7 cm³/mol. The molecule has 1 atom stereocenters. The van der Waals surface area contributed by atoms with Gasteiger partial charge in [-0.05, 0) is 56.0 Å². The molecular formula is C15H21NO2. The first kappa shape index (κ1) is 13.1.